The number of rotatable bonds is 2. The van der Waals surface area contributed by atoms with Crippen LogP contribution < -0.4 is 41.0 Å². The summed E-state index contributed by atoms with van der Waals surface area (Å²) < 4.78 is 0. The van der Waals surface area contributed by atoms with Crippen LogP contribution >= 0.6 is 0 Å². The van der Waals surface area contributed by atoms with Crippen molar-refractivity contribution in [2.75, 3.05) is 7.05 Å². The Morgan fingerprint density at radius 2 is 1.58 bits per heavy atom. The Morgan fingerprint density at radius 1 is 1.05 bits per heavy atom. The molecule has 0 saturated heterocycles. The smallest absolute Gasteiger partial charge is 0.333 e. The predicted molar refractivity (Wildman–Crippen MR) is 81.3 cm³/mol. The maximum Gasteiger partial charge on any atom is 1.00 e. The Balaban J connectivity index is 0. The molecule has 1 aromatic rings. The molecular formula is C16H29N2Na. The van der Waals surface area contributed by atoms with Gasteiger partial charge in [0.15, 0.2) is 0 Å². The van der Waals surface area contributed by atoms with E-state index in [2.05, 4.69) is 43.3 Å². The molecule has 1 aliphatic carbocycles. The van der Waals surface area contributed by atoms with Gasteiger partial charge in [0.05, 0.1) is 0 Å². The molecular weight excluding hydrogens is 243 g/mol. The minimum absolute atomic E-state index is 0. The largest absolute Gasteiger partial charge is 1.00 e. The van der Waals surface area contributed by atoms with Gasteiger partial charge >= 0.3 is 29.6 Å². The van der Waals surface area contributed by atoms with E-state index >= 15 is 0 Å². The fraction of sp³-hybridized carbons (Fsp3) is 0.562. The molecule has 0 aromatic heterocycles. The van der Waals surface area contributed by atoms with E-state index in [-0.39, 0.29) is 29.6 Å². The van der Waals surface area contributed by atoms with Crippen LogP contribution in [0.2, 0.25) is 0 Å². The monoisotopic (exact) mass is 272 g/mol. The topological polar surface area (TPSA) is 52.0 Å². The van der Waals surface area contributed by atoms with Crippen LogP contribution in [-0.4, -0.2) is 13.1 Å². The maximum atomic E-state index is 5.63. The third kappa shape index (κ3) is 12.9. The van der Waals surface area contributed by atoms with Crippen LogP contribution in [0.3, 0.4) is 0 Å². The zero-order valence-electron chi connectivity index (χ0n) is 12.9. The van der Waals surface area contributed by atoms with Gasteiger partial charge in [-0.2, -0.15) is 13.3 Å². The first kappa shape index (κ1) is 21.4. The second-order valence-electron chi connectivity index (χ2n) is 4.50. The molecule has 0 heterocycles. The normalized spacial score (nSPS) is 14.1. The van der Waals surface area contributed by atoms with Crippen LogP contribution in [-0.2, 0) is 6.42 Å². The standard InChI is InChI=1S/C9H11.C6H13N.CH5N.Na/c1-2-6-9-7-4-3-5-8-9;7-6-4-2-1-3-5-6;1-2;/h2-5,7-8H,6H2,1H3;6H,1-5,7H2;2H2,1H3;/q-1;;;+1. The van der Waals surface area contributed by atoms with Crippen LogP contribution in [0.4, 0.5) is 0 Å². The molecule has 0 atom stereocenters. The Morgan fingerprint density at radius 3 is 1.95 bits per heavy atom. The van der Waals surface area contributed by atoms with Gasteiger partial charge in [0.1, 0.15) is 0 Å². The summed E-state index contributed by atoms with van der Waals surface area (Å²) in [6.45, 7) is 2.08. The van der Waals surface area contributed by atoms with Crippen LogP contribution in [0.5, 0.6) is 0 Å². The van der Waals surface area contributed by atoms with Crippen LogP contribution in [0, 0.1) is 6.42 Å². The molecule has 3 heteroatoms. The molecule has 2 rings (SSSR count). The molecule has 2 nitrogen and oxygen atoms in total. The maximum absolute atomic E-state index is 5.63. The molecule has 104 valence electrons. The van der Waals surface area contributed by atoms with Gasteiger partial charge in [0.25, 0.3) is 0 Å². The molecule has 0 amide bonds. The Bertz CT molecular complexity index is 259. The average Bonchev–Trinajstić information content (AvgIpc) is 2.44. The average molecular weight is 272 g/mol. The van der Waals surface area contributed by atoms with Gasteiger partial charge in [-0.3, -0.25) is 0 Å². The van der Waals surface area contributed by atoms with E-state index in [1.165, 1.54) is 44.7 Å². The SMILES string of the molecule is CN.C[CH-]Cc1ccccc1.NC1CCCCC1.[Na+]. The summed E-state index contributed by atoms with van der Waals surface area (Å²) in [5.74, 6) is 0. The molecule has 19 heavy (non-hydrogen) atoms. The van der Waals surface area contributed by atoms with Gasteiger partial charge in [0, 0.05) is 6.04 Å². The Kier molecular flexibility index (Phi) is 18.3. The van der Waals surface area contributed by atoms with Crippen molar-refractivity contribution < 1.29 is 29.6 Å². The molecule has 4 N–H and O–H groups in total. The summed E-state index contributed by atoms with van der Waals surface area (Å²) in [5.41, 5.74) is 11.5. The predicted octanol–water partition coefficient (Wildman–Crippen LogP) is 0.310. The first-order valence-electron chi connectivity index (χ1n) is 6.98. The van der Waals surface area contributed by atoms with E-state index in [1.54, 1.807) is 0 Å². The minimum atomic E-state index is 0. The summed E-state index contributed by atoms with van der Waals surface area (Å²) in [7, 11) is 1.50. The summed E-state index contributed by atoms with van der Waals surface area (Å²) in [5, 5.41) is 0. The van der Waals surface area contributed by atoms with Crippen LogP contribution in [0.15, 0.2) is 30.3 Å². The van der Waals surface area contributed by atoms with E-state index in [0.29, 0.717) is 6.04 Å². The van der Waals surface area contributed by atoms with Gasteiger partial charge in [-0.05, 0) is 19.9 Å². The third-order valence-corrected chi connectivity index (χ3v) is 2.93. The van der Waals surface area contributed by atoms with Crippen molar-refractivity contribution in [3.8, 4) is 0 Å². The van der Waals surface area contributed by atoms with E-state index in [1.807, 2.05) is 6.07 Å². The Labute approximate surface area is 141 Å². The first-order valence-corrected chi connectivity index (χ1v) is 6.98. The fourth-order valence-electron chi connectivity index (χ4n) is 1.98. The Hall–Kier alpha value is 0.140. The number of nitrogens with two attached hydrogens (primary N) is 2. The molecule has 0 spiro atoms. The van der Waals surface area contributed by atoms with Crippen molar-refractivity contribution in [1.29, 1.82) is 0 Å². The quantitative estimate of drug-likeness (QED) is 0.601. The molecule has 0 bridgehead atoms. The molecule has 1 fully saturated rings. The van der Waals surface area contributed by atoms with Gasteiger partial charge < -0.3 is 17.9 Å². The summed E-state index contributed by atoms with van der Waals surface area (Å²) >= 11 is 0. The third-order valence-electron chi connectivity index (χ3n) is 2.93. The molecule has 1 aliphatic rings. The van der Waals surface area contributed by atoms with Crippen LogP contribution in [0.25, 0.3) is 0 Å². The van der Waals surface area contributed by atoms with Crippen molar-refractivity contribution in [1.82, 2.24) is 0 Å². The van der Waals surface area contributed by atoms with E-state index in [4.69, 9.17) is 5.73 Å². The fourth-order valence-corrected chi connectivity index (χ4v) is 1.98. The van der Waals surface area contributed by atoms with Crippen molar-refractivity contribution >= 4 is 0 Å². The number of hydrogen-bond donors (Lipinski definition) is 2. The van der Waals surface area contributed by atoms with Crippen molar-refractivity contribution in [3.05, 3.63) is 42.3 Å². The first-order chi connectivity index (χ1) is 8.83. The van der Waals surface area contributed by atoms with Gasteiger partial charge in [0.2, 0.25) is 0 Å². The zero-order chi connectivity index (χ0) is 13.6. The summed E-state index contributed by atoms with van der Waals surface area (Å²) in [6.07, 6.45) is 9.91. The second kappa shape index (κ2) is 16.2. The second-order valence-corrected chi connectivity index (χ2v) is 4.50. The number of hydrogen-bond acceptors (Lipinski definition) is 2. The zero-order valence-corrected chi connectivity index (χ0v) is 14.9. The van der Waals surface area contributed by atoms with Crippen molar-refractivity contribution in [2.24, 2.45) is 11.5 Å². The number of benzene rings is 1. The van der Waals surface area contributed by atoms with E-state index < -0.39 is 0 Å². The van der Waals surface area contributed by atoms with Gasteiger partial charge in [-0.25, -0.2) is 0 Å². The van der Waals surface area contributed by atoms with Crippen molar-refractivity contribution in [2.45, 2.75) is 51.5 Å². The van der Waals surface area contributed by atoms with E-state index in [0.717, 1.165) is 6.42 Å². The van der Waals surface area contributed by atoms with Gasteiger partial charge in [-0.15, -0.1) is 0 Å². The molecule has 0 aliphatic heterocycles. The molecule has 1 saturated carbocycles. The van der Waals surface area contributed by atoms with Crippen LogP contribution in [0.1, 0.15) is 44.6 Å². The van der Waals surface area contributed by atoms with Crippen molar-refractivity contribution in [3.63, 3.8) is 0 Å². The molecule has 0 radical (unpaired) electrons. The minimum Gasteiger partial charge on any atom is -0.333 e. The van der Waals surface area contributed by atoms with Gasteiger partial charge in [-0.1, -0.05) is 55.2 Å². The molecule has 1 aromatic carbocycles. The summed E-state index contributed by atoms with van der Waals surface area (Å²) in [4.78, 5) is 0. The molecule has 0 unspecified atom stereocenters. The summed E-state index contributed by atoms with van der Waals surface area (Å²) in [6, 6.07) is 11.0. The van der Waals surface area contributed by atoms with E-state index in [9.17, 15) is 0 Å².